The van der Waals surface area contributed by atoms with E-state index in [0.717, 1.165) is 22.5 Å². The second kappa shape index (κ2) is 8.26. The molecular weight excluding hydrogens is 366 g/mol. The highest BCUT2D eigenvalue weighted by atomic mass is 16.2. The fraction of sp³-hybridized carbons (Fsp3) is 0.273. The first-order valence-corrected chi connectivity index (χ1v) is 9.68. The van der Waals surface area contributed by atoms with Gasteiger partial charge in [-0.25, -0.2) is 4.68 Å². The zero-order valence-electron chi connectivity index (χ0n) is 16.3. The Morgan fingerprint density at radius 3 is 2.66 bits per heavy atom. The fourth-order valence-electron chi connectivity index (χ4n) is 3.50. The number of para-hydroxylation sites is 1. The van der Waals surface area contributed by atoms with E-state index in [1.165, 1.54) is 0 Å². The Morgan fingerprint density at radius 1 is 1.17 bits per heavy atom. The lowest BCUT2D eigenvalue weighted by molar-refractivity contribution is -0.139. The Balaban J connectivity index is 1.55. The largest absolute Gasteiger partial charge is 0.352 e. The van der Waals surface area contributed by atoms with E-state index in [9.17, 15) is 9.59 Å². The highest BCUT2D eigenvalue weighted by Crippen LogP contribution is 2.24. The number of carbonyl (C=O) groups is 2. The number of amides is 2. The van der Waals surface area contributed by atoms with E-state index in [0.29, 0.717) is 19.5 Å². The molecule has 1 N–H and O–H groups in total. The molecule has 0 saturated carbocycles. The molecule has 1 fully saturated rings. The van der Waals surface area contributed by atoms with Gasteiger partial charge in [0.05, 0.1) is 11.4 Å². The van der Waals surface area contributed by atoms with E-state index in [4.69, 9.17) is 5.10 Å². The number of hydrogen-bond donors (Lipinski definition) is 1. The van der Waals surface area contributed by atoms with Gasteiger partial charge in [-0.2, -0.15) is 5.10 Å². The first kappa shape index (κ1) is 18.9. The van der Waals surface area contributed by atoms with Crippen molar-refractivity contribution in [3.63, 3.8) is 0 Å². The van der Waals surface area contributed by atoms with E-state index < -0.39 is 0 Å². The van der Waals surface area contributed by atoms with Gasteiger partial charge in [0.2, 0.25) is 11.8 Å². The maximum atomic E-state index is 12.6. The molecular formula is C22H23N5O2. The minimum Gasteiger partial charge on any atom is -0.352 e. The van der Waals surface area contributed by atoms with Gasteiger partial charge in [0.15, 0.2) is 0 Å². The second-order valence-corrected chi connectivity index (χ2v) is 7.24. The molecule has 1 atom stereocenters. The summed E-state index contributed by atoms with van der Waals surface area (Å²) in [5, 5.41) is 7.74. The highest BCUT2D eigenvalue weighted by molar-refractivity contribution is 5.86. The molecule has 0 bridgehead atoms. The SMILES string of the molecule is CN1CCC(C(=O)NCc2cn(-c3ccccc3)nc2-c2ccncc2)CC1=O. The number of pyridine rings is 1. The topological polar surface area (TPSA) is 80.1 Å². The van der Waals surface area contributed by atoms with Crippen LogP contribution in [0.5, 0.6) is 0 Å². The highest BCUT2D eigenvalue weighted by Gasteiger charge is 2.28. The summed E-state index contributed by atoms with van der Waals surface area (Å²) < 4.78 is 1.82. The van der Waals surface area contributed by atoms with Crippen molar-refractivity contribution in [2.24, 2.45) is 5.92 Å². The molecule has 1 unspecified atom stereocenters. The van der Waals surface area contributed by atoms with Gasteiger partial charge in [-0.05, 0) is 30.7 Å². The predicted octanol–water partition coefficient (Wildman–Crippen LogP) is 2.42. The van der Waals surface area contributed by atoms with Gasteiger partial charge < -0.3 is 10.2 Å². The Labute approximate surface area is 169 Å². The van der Waals surface area contributed by atoms with Gasteiger partial charge in [0.1, 0.15) is 0 Å². The first-order valence-electron chi connectivity index (χ1n) is 9.68. The van der Waals surface area contributed by atoms with Crippen molar-refractivity contribution in [2.75, 3.05) is 13.6 Å². The van der Waals surface area contributed by atoms with Crippen LogP contribution in [0, 0.1) is 5.92 Å². The van der Waals surface area contributed by atoms with Crippen molar-refractivity contribution in [2.45, 2.75) is 19.4 Å². The minimum absolute atomic E-state index is 0.0192. The van der Waals surface area contributed by atoms with Crippen LogP contribution in [0.15, 0.2) is 61.1 Å². The van der Waals surface area contributed by atoms with Crippen LogP contribution in [-0.4, -0.2) is 45.1 Å². The number of rotatable bonds is 5. The molecule has 0 radical (unpaired) electrons. The van der Waals surface area contributed by atoms with Crippen LogP contribution in [-0.2, 0) is 16.1 Å². The van der Waals surface area contributed by atoms with Gasteiger partial charge in [0, 0.05) is 62.2 Å². The van der Waals surface area contributed by atoms with Crippen molar-refractivity contribution >= 4 is 11.8 Å². The van der Waals surface area contributed by atoms with Gasteiger partial charge in [-0.1, -0.05) is 18.2 Å². The zero-order chi connectivity index (χ0) is 20.2. The maximum absolute atomic E-state index is 12.6. The quantitative estimate of drug-likeness (QED) is 0.727. The molecule has 2 amide bonds. The molecule has 7 heteroatoms. The predicted molar refractivity (Wildman–Crippen MR) is 109 cm³/mol. The molecule has 7 nitrogen and oxygen atoms in total. The van der Waals surface area contributed by atoms with E-state index in [2.05, 4.69) is 10.3 Å². The lowest BCUT2D eigenvalue weighted by Gasteiger charge is -2.27. The van der Waals surface area contributed by atoms with E-state index in [1.807, 2.05) is 53.3 Å². The third-order valence-electron chi connectivity index (χ3n) is 5.25. The molecule has 148 valence electrons. The number of carbonyl (C=O) groups excluding carboxylic acids is 2. The van der Waals surface area contributed by atoms with Crippen LogP contribution in [0.25, 0.3) is 16.9 Å². The maximum Gasteiger partial charge on any atom is 0.223 e. The van der Waals surface area contributed by atoms with Gasteiger partial charge in [-0.3, -0.25) is 14.6 Å². The second-order valence-electron chi connectivity index (χ2n) is 7.24. The average Bonchev–Trinajstić information content (AvgIpc) is 3.19. The van der Waals surface area contributed by atoms with Crippen molar-refractivity contribution in [1.29, 1.82) is 0 Å². The Bertz CT molecular complexity index is 1000. The molecule has 1 aromatic carbocycles. The minimum atomic E-state index is -0.271. The average molecular weight is 389 g/mol. The number of nitrogens with zero attached hydrogens (tertiary/aromatic N) is 4. The van der Waals surface area contributed by atoms with Gasteiger partial charge >= 0.3 is 0 Å². The normalized spacial score (nSPS) is 16.7. The van der Waals surface area contributed by atoms with Crippen LogP contribution in [0.1, 0.15) is 18.4 Å². The van der Waals surface area contributed by atoms with Crippen molar-refractivity contribution in [3.05, 3.63) is 66.6 Å². The molecule has 3 heterocycles. The summed E-state index contributed by atoms with van der Waals surface area (Å²) in [6.07, 6.45) is 6.34. The summed E-state index contributed by atoms with van der Waals surface area (Å²) in [5.74, 6) is -0.336. The third kappa shape index (κ3) is 4.18. The Kier molecular flexibility index (Phi) is 5.37. The first-order chi connectivity index (χ1) is 14.1. The molecule has 1 aliphatic rings. The summed E-state index contributed by atoms with van der Waals surface area (Å²) in [6.45, 7) is 0.967. The summed E-state index contributed by atoms with van der Waals surface area (Å²) in [4.78, 5) is 30.3. The summed E-state index contributed by atoms with van der Waals surface area (Å²) in [5.41, 5.74) is 3.60. The molecule has 4 rings (SSSR count). The zero-order valence-corrected chi connectivity index (χ0v) is 16.3. The molecule has 0 spiro atoms. The third-order valence-corrected chi connectivity index (χ3v) is 5.25. The van der Waals surface area contributed by atoms with Crippen molar-refractivity contribution in [1.82, 2.24) is 25.0 Å². The monoisotopic (exact) mass is 389 g/mol. The summed E-state index contributed by atoms with van der Waals surface area (Å²) in [6, 6.07) is 13.6. The van der Waals surface area contributed by atoms with Crippen molar-refractivity contribution in [3.8, 4) is 16.9 Å². The standard InChI is InChI=1S/C22H23N5O2/c1-26-12-9-17(13-20(26)28)22(29)24-14-18-15-27(19-5-3-2-4-6-19)25-21(18)16-7-10-23-11-8-16/h2-8,10-11,15,17H,9,12-14H2,1H3,(H,24,29). The Hall–Kier alpha value is -3.48. The smallest absolute Gasteiger partial charge is 0.223 e. The number of aromatic nitrogens is 3. The van der Waals surface area contributed by atoms with Crippen molar-refractivity contribution < 1.29 is 9.59 Å². The van der Waals surface area contributed by atoms with Crippen LogP contribution < -0.4 is 5.32 Å². The number of likely N-dealkylation sites (tertiary alicyclic amines) is 1. The fourth-order valence-corrected chi connectivity index (χ4v) is 3.50. The van der Waals surface area contributed by atoms with Crippen LogP contribution in [0.2, 0.25) is 0 Å². The lowest BCUT2D eigenvalue weighted by atomic mass is 9.95. The van der Waals surface area contributed by atoms with Crippen LogP contribution in [0.3, 0.4) is 0 Å². The number of hydrogen-bond acceptors (Lipinski definition) is 4. The number of benzene rings is 1. The lowest BCUT2D eigenvalue weighted by Crippen LogP contribution is -2.41. The van der Waals surface area contributed by atoms with Crippen LogP contribution in [0.4, 0.5) is 0 Å². The van der Waals surface area contributed by atoms with Gasteiger partial charge in [-0.15, -0.1) is 0 Å². The number of nitrogens with one attached hydrogen (secondary N) is 1. The number of piperidine rings is 1. The molecule has 3 aromatic rings. The molecule has 0 aliphatic carbocycles. The Morgan fingerprint density at radius 2 is 1.93 bits per heavy atom. The summed E-state index contributed by atoms with van der Waals surface area (Å²) >= 11 is 0. The van der Waals surface area contributed by atoms with Gasteiger partial charge in [0.25, 0.3) is 0 Å². The molecule has 1 saturated heterocycles. The van der Waals surface area contributed by atoms with E-state index in [-0.39, 0.29) is 24.2 Å². The summed E-state index contributed by atoms with van der Waals surface area (Å²) in [7, 11) is 1.77. The van der Waals surface area contributed by atoms with E-state index >= 15 is 0 Å². The molecule has 1 aliphatic heterocycles. The van der Waals surface area contributed by atoms with E-state index in [1.54, 1.807) is 24.3 Å². The molecule has 2 aromatic heterocycles. The van der Waals surface area contributed by atoms with Crippen LogP contribution >= 0.6 is 0 Å². The molecule has 29 heavy (non-hydrogen) atoms.